The van der Waals surface area contributed by atoms with Gasteiger partial charge in [0.2, 0.25) is 5.91 Å². The highest BCUT2D eigenvalue weighted by molar-refractivity contribution is 7.10. The van der Waals surface area contributed by atoms with Crippen LogP contribution in [0, 0.1) is 5.92 Å². The van der Waals surface area contributed by atoms with Crippen molar-refractivity contribution in [1.29, 1.82) is 0 Å². The molecule has 2 N–H and O–H groups in total. The summed E-state index contributed by atoms with van der Waals surface area (Å²) in [6.45, 7) is 6.92. The highest BCUT2D eigenvalue weighted by Gasteiger charge is 2.22. The molecule has 1 fully saturated rings. The lowest BCUT2D eigenvalue weighted by Gasteiger charge is -2.33. The molecule has 0 radical (unpaired) electrons. The van der Waals surface area contributed by atoms with Crippen LogP contribution in [0.1, 0.15) is 50.4 Å². The zero-order valence-corrected chi connectivity index (χ0v) is 17.0. The maximum atomic E-state index is 12.3. The van der Waals surface area contributed by atoms with Gasteiger partial charge in [-0.15, -0.1) is 11.3 Å². The number of nitrogens with zero attached hydrogens (tertiary/aromatic N) is 3. The molecule has 0 aromatic carbocycles. The van der Waals surface area contributed by atoms with E-state index in [9.17, 15) is 4.79 Å². The first-order valence-electron chi connectivity index (χ1n) is 9.79. The second-order valence-corrected chi connectivity index (χ2v) is 8.07. The monoisotopic (exact) mass is 387 g/mol. The van der Waals surface area contributed by atoms with E-state index in [1.165, 1.54) is 11.3 Å². The summed E-state index contributed by atoms with van der Waals surface area (Å²) in [6, 6.07) is 6.19. The van der Waals surface area contributed by atoms with E-state index in [0.717, 1.165) is 44.1 Å². The Morgan fingerprint density at radius 2 is 2.33 bits per heavy atom. The topological polar surface area (TPSA) is 70.2 Å². The molecule has 2 aromatic heterocycles. The van der Waals surface area contributed by atoms with E-state index in [1.54, 1.807) is 17.7 Å². The Balaban J connectivity index is 1.48. The molecule has 0 aliphatic carbocycles. The fourth-order valence-electron chi connectivity index (χ4n) is 3.56. The maximum absolute atomic E-state index is 12.3. The van der Waals surface area contributed by atoms with Gasteiger partial charge < -0.3 is 15.5 Å². The third kappa shape index (κ3) is 5.66. The molecule has 0 spiro atoms. The first-order valence-corrected chi connectivity index (χ1v) is 10.7. The molecule has 1 aliphatic heterocycles. The van der Waals surface area contributed by atoms with E-state index in [4.69, 9.17) is 0 Å². The number of amides is 1. The summed E-state index contributed by atoms with van der Waals surface area (Å²) >= 11 is 1.68. The molecule has 3 heterocycles. The van der Waals surface area contributed by atoms with Gasteiger partial charge in [-0.3, -0.25) is 4.79 Å². The summed E-state index contributed by atoms with van der Waals surface area (Å²) in [5.74, 6) is 2.51. The van der Waals surface area contributed by atoms with Gasteiger partial charge in [-0.05, 0) is 50.5 Å². The summed E-state index contributed by atoms with van der Waals surface area (Å²) in [5, 5.41) is 8.40. The lowest BCUT2D eigenvalue weighted by molar-refractivity contribution is -0.122. The Morgan fingerprint density at radius 3 is 3.11 bits per heavy atom. The summed E-state index contributed by atoms with van der Waals surface area (Å²) in [7, 11) is 0. The fraction of sp³-hybridized carbons (Fsp3) is 0.550. The number of aromatic nitrogens is 2. The van der Waals surface area contributed by atoms with E-state index >= 15 is 0 Å². The Kier molecular flexibility index (Phi) is 7.04. The van der Waals surface area contributed by atoms with Crippen LogP contribution in [0.4, 0.5) is 11.6 Å². The van der Waals surface area contributed by atoms with E-state index < -0.39 is 0 Å². The van der Waals surface area contributed by atoms with Gasteiger partial charge in [-0.25, -0.2) is 9.97 Å². The van der Waals surface area contributed by atoms with Gasteiger partial charge in [0.15, 0.2) is 0 Å². The van der Waals surface area contributed by atoms with Gasteiger partial charge in [-0.1, -0.05) is 6.07 Å². The molecule has 0 saturated carbocycles. The minimum absolute atomic E-state index is 0.0888. The van der Waals surface area contributed by atoms with E-state index in [0.29, 0.717) is 12.3 Å². The average molecular weight is 388 g/mol. The van der Waals surface area contributed by atoms with Crippen molar-refractivity contribution < 1.29 is 4.79 Å². The second kappa shape index (κ2) is 9.69. The largest absolute Gasteiger partial charge is 0.370 e. The fourth-order valence-corrected chi connectivity index (χ4v) is 4.30. The molecule has 146 valence electrons. The summed E-state index contributed by atoms with van der Waals surface area (Å²) in [4.78, 5) is 24.5. The summed E-state index contributed by atoms with van der Waals surface area (Å²) in [6.07, 6.45) is 5.44. The molecule has 6 nitrogen and oxygen atoms in total. The van der Waals surface area contributed by atoms with E-state index in [2.05, 4.69) is 38.5 Å². The van der Waals surface area contributed by atoms with Crippen molar-refractivity contribution in [1.82, 2.24) is 15.3 Å². The van der Waals surface area contributed by atoms with Crippen molar-refractivity contribution in [3.63, 3.8) is 0 Å². The van der Waals surface area contributed by atoms with Gasteiger partial charge >= 0.3 is 0 Å². The normalized spacial score (nSPS) is 18.1. The SMILES string of the molecule is CCNc1cc(N2CCC[C@@H](CCC(=O)N[C@@H](C)c3cccs3)C2)ncn1. The molecule has 7 heteroatoms. The third-order valence-corrected chi connectivity index (χ3v) is 6.04. The minimum Gasteiger partial charge on any atom is -0.370 e. The first kappa shape index (κ1) is 19.6. The lowest BCUT2D eigenvalue weighted by Crippen LogP contribution is -2.36. The molecule has 1 aliphatic rings. The van der Waals surface area contributed by atoms with Gasteiger partial charge in [0.05, 0.1) is 6.04 Å². The van der Waals surface area contributed by atoms with Crippen LogP contribution in [0.2, 0.25) is 0 Å². The predicted octanol–water partition coefficient (Wildman–Crippen LogP) is 3.84. The Morgan fingerprint density at radius 1 is 1.44 bits per heavy atom. The lowest BCUT2D eigenvalue weighted by atomic mass is 9.93. The van der Waals surface area contributed by atoms with Gasteiger partial charge in [0, 0.05) is 37.0 Å². The summed E-state index contributed by atoms with van der Waals surface area (Å²) in [5.41, 5.74) is 0. The second-order valence-electron chi connectivity index (χ2n) is 7.09. The average Bonchev–Trinajstić information content (AvgIpc) is 3.22. The molecule has 2 atom stereocenters. The van der Waals surface area contributed by atoms with Crippen molar-refractivity contribution in [2.75, 3.05) is 29.9 Å². The van der Waals surface area contributed by atoms with E-state index in [1.807, 2.05) is 24.4 Å². The van der Waals surface area contributed by atoms with Crippen LogP contribution in [0.3, 0.4) is 0 Å². The number of nitrogens with one attached hydrogen (secondary N) is 2. The van der Waals surface area contributed by atoms with Crippen LogP contribution in [-0.2, 0) is 4.79 Å². The molecular weight excluding hydrogens is 358 g/mol. The van der Waals surface area contributed by atoms with Gasteiger partial charge in [0.25, 0.3) is 0 Å². The number of thiophene rings is 1. The van der Waals surface area contributed by atoms with Crippen molar-refractivity contribution >= 4 is 28.9 Å². The smallest absolute Gasteiger partial charge is 0.220 e. The molecule has 27 heavy (non-hydrogen) atoms. The maximum Gasteiger partial charge on any atom is 0.220 e. The van der Waals surface area contributed by atoms with Crippen LogP contribution in [0.25, 0.3) is 0 Å². The van der Waals surface area contributed by atoms with Crippen molar-refractivity contribution in [3.8, 4) is 0 Å². The highest BCUT2D eigenvalue weighted by Crippen LogP contribution is 2.26. The molecule has 1 saturated heterocycles. The molecule has 0 bridgehead atoms. The molecule has 0 unspecified atom stereocenters. The number of carbonyl (C=O) groups is 1. The van der Waals surface area contributed by atoms with Gasteiger partial charge in [0.1, 0.15) is 18.0 Å². The molecule has 2 aromatic rings. The molecular formula is C20H29N5OS. The quantitative estimate of drug-likeness (QED) is 0.720. The Bertz CT molecular complexity index is 721. The number of hydrogen-bond acceptors (Lipinski definition) is 6. The van der Waals surface area contributed by atoms with Crippen molar-refractivity contribution in [2.24, 2.45) is 5.92 Å². The van der Waals surface area contributed by atoms with Crippen LogP contribution in [-0.4, -0.2) is 35.5 Å². The predicted molar refractivity (Wildman–Crippen MR) is 111 cm³/mol. The zero-order valence-electron chi connectivity index (χ0n) is 16.1. The molecule has 1 amide bonds. The number of rotatable bonds is 8. The highest BCUT2D eigenvalue weighted by atomic mass is 32.1. The van der Waals surface area contributed by atoms with Crippen LogP contribution in [0.5, 0.6) is 0 Å². The zero-order chi connectivity index (χ0) is 19.1. The first-order chi connectivity index (χ1) is 13.2. The summed E-state index contributed by atoms with van der Waals surface area (Å²) < 4.78 is 0. The van der Waals surface area contributed by atoms with Crippen LogP contribution < -0.4 is 15.5 Å². The van der Waals surface area contributed by atoms with E-state index in [-0.39, 0.29) is 11.9 Å². The Hall–Kier alpha value is -2.15. The number of piperidine rings is 1. The van der Waals surface area contributed by atoms with Crippen molar-refractivity contribution in [2.45, 2.75) is 45.6 Å². The van der Waals surface area contributed by atoms with Crippen LogP contribution in [0.15, 0.2) is 29.9 Å². The van der Waals surface area contributed by atoms with Crippen molar-refractivity contribution in [3.05, 3.63) is 34.8 Å². The standard InChI is InChI=1S/C20H29N5OS/c1-3-21-18-12-19(23-14-22-18)25-10-4-6-16(13-25)8-9-20(26)24-15(2)17-7-5-11-27-17/h5,7,11-12,14-16H,3-4,6,8-10,13H2,1-2H3,(H,24,26)(H,21,22,23)/t15-,16-/m0/s1. The third-order valence-electron chi connectivity index (χ3n) is 4.98. The number of hydrogen-bond donors (Lipinski definition) is 2. The van der Waals surface area contributed by atoms with Crippen LogP contribution >= 0.6 is 11.3 Å². The van der Waals surface area contributed by atoms with Gasteiger partial charge in [-0.2, -0.15) is 0 Å². The number of carbonyl (C=O) groups excluding carboxylic acids is 1. The molecule has 3 rings (SSSR count). The minimum atomic E-state index is 0.0888. The number of anilines is 2. The Labute approximate surface area is 165 Å².